The van der Waals surface area contributed by atoms with Gasteiger partial charge in [0.2, 0.25) is 5.91 Å². The van der Waals surface area contributed by atoms with E-state index in [4.69, 9.17) is 0 Å². The number of aryl methyl sites for hydroxylation is 1. The van der Waals surface area contributed by atoms with E-state index in [9.17, 15) is 14.4 Å². The SMILES string of the molecule is CCn1cc(NC(=O)C2CCCN(C(=O)c3cccs3)C2)ccc1=O. The topological polar surface area (TPSA) is 71.4 Å². The molecule has 2 amide bonds. The number of carbonyl (C=O) groups is 2. The average Bonchev–Trinajstić information content (AvgIpc) is 3.17. The summed E-state index contributed by atoms with van der Waals surface area (Å²) in [5.41, 5.74) is 0.513. The smallest absolute Gasteiger partial charge is 0.263 e. The molecule has 0 aromatic carbocycles. The summed E-state index contributed by atoms with van der Waals surface area (Å²) >= 11 is 1.42. The summed E-state index contributed by atoms with van der Waals surface area (Å²) in [7, 11) is 0. The number of nitrogens with one attached hydrogen (secondary N) is 1. The van der Waals surface area contributed by atoms with Gasteiger partial charge in [-0.1, -0.05) is 6.07 Å². The Hall–Kier alpha value is -2.41. The molecule has 0 bridgehead atoms. The minimum absolute atomic E-state index is 0.00738. The predicted molar refractivity (Wildman–Crippen MR) is 98.0 cm³/mol. The van der Waals surface area contributed by atoms with Crippen molar-refractivity contribution in [3.05, 3.63) is 51.1 Å². The van der Waals surface area contributed by atoms with E-state index in [2.05, 4.69) is 5.32 Å². The van der Waals surface area contributed by atoms with E-state index >= 15 is 0 Å². The van der Waals surface area contributed by atoms with Crippen LogP contribution in [0.5, 0.6) is 0 Å². The van der Waals surface area contributed by atoms with Crippen molar-refractivity contribution in [3.63, 3.8) is 0 Å². The maximum Gasteiger partial charge on any atom is 0.263 e. The zero-order chi connectivity index (χ0) is 17.8. The molecule has 25 heavy (non-hydrogen) atoms. The highest BCUT2D eigenvalue weighted by Gasteiger charge is 2.29. The number of hydrogen-bond donors (Lipinski definition) is 1. The first-order chi connectivity index (χ1) is 12.1. The third kappa shape index (κ3) is 3.99. The monoisotopic (exact) mass is 359 g/mol. The lowest BCUT2D eigenvalue weighted by Gasteiger charge is -2.31. The zero-order valence-corrected chi connectivity index (χ0v) is 14.9. The second-order valence-corrected chi connectivity index (χ2v) is 7.05. The van der Waals surface area contributed by atoms with Crippen molar-refractivity contribution in [2.45, 2.75) is 26.3 Å². The molecule has 1 saturated heterocycles. The number of likely N-dealkylation sites (tertiary alicyclic amines) is 1. The number of carbonyl (C=O) groups excluding carboxylic acids is 2. The number of pyridine rings is 1. The second-order valence-electron chi connectivity index (χ2n) is 6.10. The number of aromatic nitrogens is 1. The summed E-state index contributed by atoms with van der Waals surface area (Å²) in [6.07, 6.45) is 3.22. The van der Waals surface area contributed by atoms with Crippen LogP contribution in [-0.4, -0.2) is 34.4 Å². The van der Waals surface area contributed by atoms with E-state index < -0.39 is 0 Å². The van der Waals surface area contributed by atoms with Gasteiger partial charge in [-0.25, -0.2) is 0 Å². The molecule has 0 saturated carbocycles. The van der Waals surface area contributed by atoms with Crippen molar-refractivity contribution in [2.75, 3.05) is 18.4 Å². The van der Waals surface area contributed by atoms with Gasteiger partial charge in [-0.3, -0.25) is 14.4 Å². The third-order valence-electron chi connectivity index (χ3n) is 4.40. The van der Waals surface area contributed by atoms with Gasteiger partial charge >= 0.3 is 0 Å². The number of rotatable bonds is 4. The number of anilines is 1. The molecular weight excluding hydrogens is 338 g/mol. The zero-order valence-electron chi connectivity index (χ0n) is 14.1. The van der Waals surface area contributed by atoms with Gasteiger partial charge in [-0.2, -0.15) is 0 Å². The van der Waals surface area contributed by atoms with Gasteiger partial charge in [0.05, 0.1) is 16.5 Å². The van der Waals surface area contributed by atoms with Crippen molar-refractivity contribution >= 4 is 28.8 Å². The number of amides is 2. The molecule has 0 aliphatic carbocycles. The number of hydrogen-bond acceptors (Lipinski definition) is 4. The highest BCUT2D eigenvalue weighted by Crippen LogP contribution is 2.21. The van der Waals surface area contributed by atoms with Crippen LogP contribution in [0, 0.1) is 5.92 Å². The Balaban J connectivity index is 1.66. The molecule has 1 N–H and O–H groups in total. The molecule has 2 aromatic heterocycles. The van der Waals surface area contributed by atoms with Gasteiger partial charge in [0.1, 0.15) is 0 Å². The molecule has 132 valence electrons. The molecule has 2 aromatic rings. The highest BCUT2D eigenvalue weighted by atomic mass is 32.1. The minimum atomic E-state index is -0.236. The van der Waals surface area contributed by atoms with Crippen LogP contribution < -0.4 is 10.9 Å². The van der Waals surface area contributed by atoms with Crippen LogP contribution in [0.2, 0.25) is 0 Å². The second kappa shape index (κ2) is 7.65. The summed E-state index contributed by atoms with van der Waals surface area (Å²) in [6, 6.07) is 6.73. The van der Waals surface area contributed by atoms with Crippen LogP contribution in [0.1, 0.15) is 29.4 Å². The normalized spacial score (nSPS) is 17.3. The lowest BCUT2D eigenvalue weighted by atomic mass is 9.97. The van der Waals surface area contributed by atoms with Crippen molar-refractivity contribution in [1.29, 1.82) is 0 Å². The lowest BCUT2D eigenvalue weighted by molar-refractivity contribution is -0.121. The largest absolute Gasteiger partial charge is 0.337 e. The molecule has 7 heteroatoms. The molecule has 3 heterocycles. The van der Waals surface area contributed by atoms with Gasteiger partial charge in [0, 0.05) is 31.9 Å². The molecule has 1 atom stereocenters. The quantitative estimate of drug-likeness (QED) is 0.911. The summed E-state index contributed by atoms with van der Waals surface area (Å²) in [5.74, 6) is -0.350. The lowest BCUT2D eigenvalue weighted by Crippen LogP contribution is -2.43. The maximum absolute atomic E-state index is 12.6. The Morgan fingerprint density at radius 3 is 2.88 bits per heavy atom. The van der Waals surface area contributed by atoms with Crippen molar-refractivity contribution < 1.29 is 9.59 Å². The van der Waals surface area contributed by atoms with Crippen molar-refractivity contribution in [1.82, 2.24) is 9.47 Å². The Labute approximate surface area is 150 Å². The van der Waals surface area contributed by atoms with E-state index in [-0.39, 0.29) is 23.3 Å². The van der Waals surface area contributed by atoms with Gasteiger partial charge in [0.15, 0.2) is 0 Å². The number of piperidine rings is 1. The molecule has 1 fully saturated rings. The molecule has 0 spiro atoms. The first-order valence-electron chi connectivity index (χ1n) is 8.42. The van der Waals surface area contributed by atoms with Gasteiger partial charge in [-0.05, 0) is 37.3 Å². The van der Waals surface area contributed by atoms with Gasteiger partial charge < -0.3 is 14.8 Å². The van der Waals surface area contributed by atoms with Crippen LogP contribution in [-0.2, 0) is 11.3 Å². The Kier molecular flexibility index (Phi) is 5.33. The van der Waals surface area contributed by atoms with E-state index in [1.165, 1.54) is 17.4 Å². The van der Waals surface area contributed by atoms with E-state index in [0.717, 1.165) is 12.8 Å². The van der Waals surface area contributed by atoms with Gasteiger partial charge in [-0.15, -0.1) is 11.3 Å². The molecular formula is C18H21N3O3S. The van der Waals surface area contributed by atoms with Crippen molar-refractivity contribution in [3.8, 4) is 0 Å². The molecule has 1 aliphatic rings. The minimum Gasteiger partial charge on any atom is -0.337 e. The first kappa shape index (κ1) is 17.4. The van der Waals surface area contributed by atoms with E-state index in [1.54, 1.807) is 21.7 Å². The molecule has 3 rings (SSSR count). The summed E-state index contributed by atoms with van der Waals surface area (Å²) in [6.45, 7) is 3.54. The summed E-state index contributed by atoms with van der Waals surface area (Å²) in [4.78, 5) is 39.1. The van der Waals surface area contributed by atoms with Crippen LogP contribution in [0.4, 0.5) is 5.69 Å². The van der Waals surface area contributed by atoms with Crippen LogP contribution in [0.15, 0.2) is 40.6 Å². The van der Waals surface area contributed by atoms with Crippen molar-refractivity contribution in [2.24, 2.45) is 5.92 Å². The van der Waals surface area contributed by atoms with E-state index in [1.807, 2.05) is 24.4 Å². The fraction of sp³-hybridized carbons (Fsp3) is 0.389. The first-order valence-corrected chi connectivity index (χ1v) is 9.30. The predicted octanol–water partition coefficient (Wildman–Crippen LogP) is 2.42. The third-order valence-corrected chi connectivity index (χ3v) is 5.26. The number of thiophene rings is 1. The Morgan fingerprint density at radius 2 is 2.16 bits per heavy atom. The maximum atomic E-state index is 12.6. The van der Waals surface area contributed by atoms with Crippen LogP contribution in [0.25, 0.3) is 0 Å². The van der Waals surface area contributed by atoms with Crippen LogP contribution >= 0.6 is 11.3 Å². The van der Waals surface area contributed by atoms with E-state index in [0.29, 0.717) is 30.2 Å². The standard InChI is InChI=1S/C18H21N3O3S/c1-2-20-12-14(7-8-16(20)22)19-17(23)13-5-3-9-21(11-13)18(24)15-6-4-10-25-15/h4,6-8,10,12-13H,2-3,5,9,11H2,1H3,(H,19,23). The van der Waals surface area contributed by atoms with Crippen LogP contribution in [0.3, 0.4) is 0 Å². The summed E-state index contributed by atoms with van der Waals surface area (Å²) in [5, 5.41) is 4.75. The Bertz CT molecular complexity index is 813. The number of nitrogens with zero attached hydrogens (tertiary/aromatic N) is 2. The molecule has 0 radical (unpaired) electrons. The molecule has 1 aliphatic heterocycles. The molecule has 1 unspecified atom stereocenters. The fourth-order valence-electron chi connectivity index (χ4n) is 3.03. The molecule has 6 nitrogen and oxygen atoms in total. The fourth-order valence-corrected chi connectivity index (χ4v) is 3.72. The van der Waals surface area contributed by atoms with Gasteiger partial charge in [0.25, 0.3) is 11.5 Å². The average molecular weight is 359 g/mol. The summed E-state index contributed by atoms with van der Waals surface area (Å²) < 4.78 is 1.54. The highest BCUT2D eigenvalue weighted by molar-refractivity contribution is 7.12. The Morgan fingerprint density at radius 1 is 1.32 bits per heavy atom.